The number of thiophene rings is 1. The van der Waals surface area contributed by atoms with Crippen molar-refractivity contribution in [3.05, 3.63) is 49.3 Å². The molecule has 0 fully saturated rings. The summed E-state index contributed by atoms with van der Waals surface area (Å²) in [7, 11) is 1.94. The Hall–Kier alpha value is -0.230. The van der Waals surface area contributed by atoms with E-state index in [1.165, 1.54) is 5.56 Å². The standard InChI is InChI=1S/C11H10Br2N2S/c1-14-11(8-5-16-6-9(8)13)10-3-2-7(12)4-15-10/h2-6,11,14H,1H3. The van der Waals surface area contributed by atoms with E-state index >= 15 is 0 Å². The summed E-state index contributed by atoms with van der Waals surface area (Å²) in [5, 5.41) is 7.50. The monoisotopic (exact) mass is 360 g/mol. The first kappa shape index (κ1) is 12.2. The molecule has 0 amide bonds. The van der Waals surface area contributed by atoms with Gasteiger partial charge >= 0.3 is 0 Å². The van der Waals surface area contributed by atoms with E-state index in [4.69, 9.17) is 0 Å². The summed E-state index contributed by atoms with van der Waals surface area (Å²) in [5.41, 5.74) is 2.24. The van der Waals surface area contributed by atoms with Crippen LogP contribution in [0.25, 0.3) is 0 Å². The van der Waals surface area contributed by atoms with Crippen molar-refractivity contribution in [1.29, 1.82) is 0 Å². The van der Waals surface area contributed by atoms with Crippen LogP contribution in [-0.2, 0) is 0 Å². The molecule has 2 rings (SSSR count). The Labute approximate surface area is 115 Å². The second kappa shape index (κ2) is 5.40. The maximum atomic E-state index is 4.42. The number of nitrogens with one attached hydrogen (secondary N) is 1. The van der Waals surface area contributed by atoms with E-state index in [-0.39, 0.29) is 6.04 Å². The van der Waals surface area contributed by atoms with Gasteiger partial charge in [-0.3, -0.25) is 4.98 Å². The minimum Gasteiger partial charge on any atom is -0.308 e. The van der Waals surface area contributed by atoms with Crippen LogP contribution in [0.3, 0.4) is 0 Å². The van der Waals surface area contributed by atoms with E-state index in [1.807, 2.05) is 25.4 Å². The molecule has 5 heteroatoms. The SMILES string of the molecule is CNC(c1ccc(Br)cn1)c1cscc1Br. The van der Waals surface area contributed by atoms with Gasteiger partial charge in [0.25, 0.3) is 0 Å². The average molecular weight is 362 g/mol. The predicted octanol–water partition coefficient (Wildman–Crippen LogP) is 3.98. The number of rotatable bonds is 3. The summed E-state index contributed by atoms with van der Waals surface area (Å²) < 4.78 is 2.12. The Bertz CT molecular complexity index is 467. The molecule has 84 valence electrons. The molecule has 16 heavy (non-hydrogen) atoms. The molecule has 0 aliphatic rings. The van der Waals surface area contributed by atoms with Gasteiger partial charge in [0.05, 0.1) is 11.7 Å². The summed E-state index contributed by atoms with van der Waals surface area (Å²) >= 11 is 8.63. The van der Waals surface area contributed by atoms with Crippen LogP contribution in [0.1, 0.15) is 17.3 Å². The van der Waals surface area contributed by atoms with Crippen molar-refractivity contribution in [1.82, 2.24) is 10.3 Å². The lowest BCUT2D eigenvalue weighted by Gasteiger charge is -2.15. The second-order valence-electron chi connectivity index (χ2n) is 3.30. The van der Waals surface area contributed by atoms with Crippen LogP contribution in [0.5, 0.6) is 0 Å². The van der Waals surface area contributed by atoms with Crippen LogP contribution in [-0.4, -0.2) is 12.0 Å². The van der Waals surface area contributed by atoms with E-state index in [9.17, 15) is 0 Å². The maximum absolute atomic E-state index is 4.42. The Kier molecular flexibility index (Phi) is 4.13. The van der Waals surface area contributed by atoms with Crippen molar-refractivity contribution in [2.75, 3.05) is 7.05 Å². The quantitative estimate of drug-likeness (QED) is 0.894. The Morgan fingerprint density at radius 1 is 1.31 bits per heavy atom. The highest BCUT2D eigenvalue weighted by Crippen LogP contribution is 2.30. The van der Waals surface area contributed by atoms with Gasteiger partial charge in [0, 0.05) is 20.5 Å². The third-order valence-corrected chi connectivity index (χ3v) is 4.51. The first-order valence-electron chi connectivity index (χ1n) is 4.72. The van der Waals surface area contributed by atoms with Crippen LogP contribution in [0.2, 0.25) is 0 Å². The van der Waals surface area contributed by atoms with Crippen molar-refractivity contribution in [2.24, 2.45) is 0 Å². The number of halogens is 2. The molecular formula is C11H10Br2N2S. The Morgan fingerprint density at radius 2 is 2.12 bits per heavy atom. The van der Waals surface area contributed by atoms with Gasteiger partial charge in [-0.1, -0.05) is 0 Å². The summed E-state index contributed by atoms with van der Waals surface area (Å²) in [4.78, 5) is 4.42. The zero-order chi connectivity index (χ0) is 11.5. The fourth-order valence-corrected chi connectivity index (χ4v) is 3.30. The van der Waals surface area contributed by atoms with Crippen molar-refractivity contribution in [3.63, 3.8) is 0 Å². The minimum atomic E-state index is 0.133. The van der Waals surface area contributed by atoms with Gasteiger partial charge < -0.3 is 5.32 Å². The first-order chi connectivity index (χ1) is 7.72. The lowest BCUT2D eigenvalue weighted by Crippen LogP contribution is -2.18. The van der Waals surface area contributed by atoms with Gasteiger partial charge in [-0.25, -0.2) is 0 Å². The first-order valence-corrected chi connectivity index (χ1v) is 7.25. The minimum absolute atomic E-state index is 0.133. The van der Waals surface area contributed by atoms with E-state index in [1.54, 1.807) is 11.3 Å². The molecule has 1 N–H and O–H groups in total. The summed E-state index contributed by atoms with van der Waals surface area (Å²) in [6, 6.07) is 4.16. The van der Waals surface area contributed by atoms with Gasteiger partial charge in [-0.15, -0.1) is 0 Å². The molecule has 0 saturated carbocycles. The van der Waals surface area contributed by atoms with Gasteiger partial charge in [-0.05, 0) is 62.0 Å². The highest BCUT2D eigenvalue weighted by molar-refractivity contribution is 9.10. The molecule has 0 aromatic carbocycles. The molecule has 1 atom stereocenters. The maximum Gasteiger partial charge on any atom is 0.0768 e. The molecule has 0 radical (unpaired) electrons. The summed E-state index contributed by atoms with van der Waals surface area (Å²) in [6.45, 7) is 0. The van der Waals surface area contributed by atoms with Gasteiger partial charge in [0.1, 0.15) is 0 Å². The Balaban J connectivity index is 2.37. The third kappa shape index (κ3) is 2.53. The highest BCUT2D eigenvalue weighted by Gasteiger charge is 2.16. The van der Waals surface area contributed by atoms with Crippen molar-refractivity contribution in [2.45, 2.75) is 6.04 Å². The molecular weight excluding hydrogens is 352 g/mol. The van der Waals surface area contributed by atoms with Crippen molar-refractivity contribution >= 4 is 43.2 Å². The highest BCUT2D eigenvalue weighted by atomic mass is 79.9. The molecule has 2 aromatic rings. The van der Waals surface area contributed by atoms with E-state index in [0.29, 0.717) is 0 Å². The van der Waals surface area contributed by atoms with E-state index in [2.05, 4.69) is 52.9 Å². The largest absolute Gasteiger partial charge is 0.308 e. The molecule has 0 spiro atoms. The predicted molar refractivity (Wildman–Crippen MR) is 74.9 cm³/mol. The molecule has 1 unspecified atom stereocenters. The molecule has 0 aliphatic heterocycles. The molecule has 2 aromatic heterocycles. The van der Waals surface area contributed by atoms with Crippen molar-refractivity contribution < 1.29 is 0 Å². The lowest BCUT2D eigenvalue weighted by molar-refractivity contribution is 0.670. The molecule has 0 bridgehead atoms. The molecule has 0 saturated heterocycles. The summed E-state index contributed by atoms with van der Waals surface area (Å²) in [5.74, 6) is 0. The van der Waals surface area contributed by atoms with Crippen LogP contribution >= 0.6 is 43.2 Å². The van der Waals surface area contributed by atoms with Crippen molar-refractivity contribution in [3.8, 4) is 0 Å². The van der Waals surface area contributed by atoms with Crippen LogP contribution in [0.15, 0.2) is 38.0 Å². The van der Waals surface area contributed by atoms with Crippen LogP contribution in [0, 0.1) is 0 Å². The topological polar surface area (TPSA) is 24.9 Å². The van der Waals surface area contributed by atoms with Gasteiger partial charge in [-0.2, -0.15) is 11.3 Å². The average Bonchev–Trinajstić information content (AvgIpc) is 2.69. The number of hydrogen-bond acceptors (Lipinski definition) is 3. The zero-order valence-electron chi connectivity index (χ0n) is 8.58. The Morgan fingerprint density at radius 3 is 2.62 bits per heavy atom. The fraction of sp³-hybridized carbons (Fsp3) is 0.182. The normalized spacial score (nSPS) is 12.7. The zero-order valence-corrected chi connectivity index (χ0v) is 12.6. The van der Waals surface area contributed by atoms with Gasteiger partial charge in [0.15, 0.2) is 0 Å². The van der Waals surface area contributed by atoms with Crippen LogP contribution < -0.4 is 5.32 Å². The van der Waals surface area contributed by atoms with E-state index < -0.39 is 0 Å². The fourth-order valence-electron chi connectivity index (χ4n) is 1.52. The number of nitrogens with zero attached hydrogens (tertiary/aromatic N) is 1. The smallest absolute Gasteiger partial charge is 0.0768 e. The number of pyridine rings is 1. The third-order valence-electron chi connectivity index (χ3n) is 2.29. The number of hydrogen-bond donors (Lipinski definition) is 1. The second-order valence-corrected chi connectivity index (χ2v) is 5.81. The molecule has 2 nitrogen and oxygen atoms in total. The summed E-state index contributed by atoms with van der Waals surface area (Å²) in [6.07, 6.45) is 1.82. The molecule has 0 aliphatic carbocycles. The lowest BCUT2D eigenvalue weighted by atomic mass is 10.1. The van der Waals surface area contributed by atoms with E-state index in [0.717, 1.165) is 14.6 Å². The number of aromatic nitrogens is 1. The molecule has 2 heterocycles. The van der Waals surface area contributed by atoms with Crippen LogP contribution in [0.4, 0.5) is 0 Å². The van der Waals surface area contributed by atoms with Gasteiger partial charge in [0.2, 0.25) is 0 Å².